The molecule has 0 aromatic rings. The quantitative estimate of drug-likeness (QED) is 0.659. The zero-order valence-electron chi connectivity index (χ0n) is 7.70. The highest BCUT2D eigenvalue weighted by molar-refractivity contribution is 8.00. The van der Waals surface area contributed by atoms with E-state index in [1.165, 1.54) is 0 Å². The average Bonchev–Trinajstić information content (AvgIpc) is 2.24. The van der Waals surface area contributed by atoms with Crippen LogP contribution in [0.1, 0.15) is 20.8 Å². The fraction of sp³-hybridized carbons (Fsp3) is 0.875. The van der Waals surface area contributed by atoms with Crippen molar-refractivity contribution in [3.63, 3.8) is 0 Å². The van der Waals surface area contributed by atoms with Gasteiger partial charge in [0, 0.05) is 12.7 Å². The summed E-state index contributed by atoms with van der Waals surface area (Å²) in [4.78, 5) is 12.8. The van der Waals surface area contributed by atoms with E-state index in [4.69, 9.17) is 5.11 Å². The second-order valence-electron chi connectivity index (χ2n) is 3.48. The zero-order valence-corrected chi connectivity index (χ0v) is 8.52. The standard InChI is InChI=1S/C8H15NO2S/c1-6(11)9-7(4-10)5-12-8(9,2)3/h7,10H,4-5H2,1-3H3. The number of aliphatic hydroxyl groups excluding tert-OH is 1. The van der Waals surface area contributed by atoms with Crippen LogP contribution in [0.15, 0.2) is 0 Å². The van der Waals surface area contributed by atoms with Crippen LogP contribution in [0.5, 0.6) is 0 Å². The highest BCUT2D eigenvalue weighted by atomic mass is 32.2. The molecule has 1 heterocycles. The smallest absolute Gasteiger partial charge is 0.220 e. The molecular weight excluding hydrogens is 174 g/mol. The van der Waals surface area contributed by atoms with Gasteiger partial charge in [-0.3, -0.25) is 4.79 Å². The lowest BCUT2D eigenvalue weighted by Gasteiger charge is -2.33. The Morgan fingerprint density at radius 2 is 2.33 bits per heavy atom. The van der Waals surface area contributed by atoms with Crippen LogP contribution in [0.2, 0.25) is 0 Å². The third-order valence-corrected chi connectivity index (χ3v) is 3.58. The van der Waals surface area contributed by atoms with Gasteiger partial charge < -0.3 is 10.0 Å². The van der Waals surface area contributed by atoms with Gasteiger partial charge in [-0.1, -0.05) is 0 Å². The van der Waals surface area contributed by atoms with E-state index < -0.39 is 0 Å². The first-order chi connectivity index (χ1) is 5.49. The number of amides is 1. The molecule has 1 aliphatic heterocycles. The third-order valence-electron chi connectivity index (χ3n) is 2.12. The van der Waals surface area contributed by atoms with Crippen LogP contribution in [-0.2, 0) is 4.79 Å². The Morgan fingerprint density at radius 3 is 2.67 bits per heavy atom. The highest BCUT2D eigenvalue weighted by Gasteiger charge is 2.41. The number of carbonyl (C=O) groups is 1. The van der Waals surface area contributed by atoms with Gasteiger partial charge in [0.25, 0.3) is 0 Å². The van der Waals surface area contributed by atoms with Gasteiger partial charge in [-0.2, -0.15) is 0 Å². The van der Waals surface area contributed by atoms with E-state index in [2.05, 4.69) is 0 Å². The minimum absolute atomic E-state index is 0.00231. The van der Waals surface area contributed by atoms with E-state index in [0.717, 1.165) is 5.75 Å². The largest absolute Gasteiger partial charge is 0.394 e. The van der Waals surface area contributed by atoms with Gasteiger partial charge in [-0.25, -0.2) is 0 Å². The number of rotatable bonds is 1. The van der Waals surface area contributed by atoms with E-state index >= 15 is 0 Å². The summed E-state index contributed by atoms with van der Waals surface area (Å²) in [6, 6.07) is 0.00231. The Hall–Kier alpha value is -0.220. The molecule has 0 aliphatic carbocycles. The van der Waals surface area contributed by atoms with Crippen molar-refractivity contribution in [1.82, 2.24) is 4.90 Å². The molecule has 0 radical (unpaired) electrons. The number of carbonyl (C=O) groups excluding carboxylic acids is 1. The molecule has 1 fully saturated rings. The number of nitrogens with zero attached hydrogens (tertiary/aromatic N) is 1. The van der Waals surface area contributed by atoms with E-state index in [1.54, 1.807) is 23.6 Å². The fourth-order valence-electron chi connectivity index (χ4n) is 1.65. The Kier molecular flexibility index (Phi) is 2.68. The van der Waals surface area contributed by atoms with Gasteiger partial charge in [0.1, 0.15) is 0 Å². The number of hydrogen-bond donors (Lipinski definition) is 1. The summed E-state index contributed by atoms with van der Waals surface area (Å²) in [5.41, 5.74) is 0. The summed E-state index contributed by atoms with van der Waals surface area (Å²) < 4.78 is 0. The van der Waals surface area contributed by atoms with Crippen molar-refractivity contribution in [3.8, 4) is 0 Å². The van der Waals surface area contributed by atoms with Crippen LogP contribution in [-0.4, -0.2) is 39.2 Å². The summed E-state index contributed by atoms with van der Waals surface area (Å²) in [5.74, 6) is 0.882. The molecule has 0 aromatic heterocycles. The van der Waals surface area contributed by atoms with Gasteiger partial charge in [0.05, 0.1) is 17.5 Å². The van der Waals surface area contributed by atoms with Gasteiger partial charge in [0.2, 0.25) is 5.91 Å². The summed E-state index contributed by atoms with van der Waals surface area (Å²) in [5, 5.41) is 9.01. The number of aliphatic hydroxyl groups is 1. The molecule has 1 rings (SSSR count). The molecule has 1 unspecified atom stereocenters. The maximum Gasteiger partial charge on any atom is 0.220 e. The molecule has 0 bridgehead atoms. The normalized spacial score (nSPS) is 27.7. The number of hydrogen-bond acceptors (Lipinski definition) is 3. The lowest BCUT2D eigenvalue weighted by molar-refractivity contribution is -0.133. The van der Waals surface area contributed by atoms with Crippen LogP contribution in [0.3, 0.4) is 0 Å². The molecule has 3 nitrogen and oxygen atoms in total. The van der Waals surface area contributed by atoms with Crippen molar-refractivity contribution >= 4 is 17.7 Å². The van der Waals surface area contributed by atoms with Crippen LogP contribution in [0.4, 0.5) is 0 Å². The van der Waals surface area contributed by atoms with Gasteiger partial charge in [0.15, 0.2) is 0 Å². The van der Waals surface area contributed by atoms with Crippen LogP contribution >= 0.6 is 11.8 Å². The molecule has 12 heavy (non-hydrogen) atoms. The molecule has 1 saturated heterocycles. The topological polar surface area (TPSA) is 40.5 Å². The second kappa shape index (κ2) is 3.26. The van der Waals surface area contributed by atoms with Crippen molar-refractivity contribution in [2.24, 2.45) is 0 Å². The molecular formula is C8H15NO2S. The van der Waals surface area contributed by atoms with Crippen LogP contribution in [0.25, 0.3) is 0 Å². The Balaban J connectivity index is 2.80. The summed E-state index contributed by atoms with van der Waals surface area (Å²) in [7, 11) is 0. The molecule has 0 spiro atoms. The van der Waals surface area contributed by atoms with E-state index in [0.29, 0.717) is 0 Å². The molecule has 1 aliphatic rings. The Morgan fingerprint density at radius 1 is 1.75 bits per heavy atom. The van der Waals surface area contributed by atoms with Gasteiger partial charge in [-0.05, 0) is 13.8 Å². The Labute approximate surface area is 77.1 Å². The summed E-state index contributed by atoms with van der Waals surface area (Å²) in [6.07, 6.45) is 0. The van der Waals surface area contributed by atoms with Gasteiger partial charge in [-0.15, -0.1) is 11.8 Å². The lowest BCUT2D eigenvalue weighted by atomic mass is 10.2. The van der Waals surface area contributed by atoms with Crippen LogP contribution in [0, 0.1) is 0 Å². The molecule has 70 valence electrons. The molecule has 0 saturated carbocycles. The van der Waals surface area contributed by atoms with Gasteiger partial charge >= 0.3 is 0 Å². The molecule has 0 aromatic carbocycles. The van der Waals surface area contributed by atoms with Crippen molar-refractivity contribution in [1.29, 1.82) is 0 Å². The average molecular weight is 189 g/mol. The first kappa shape index (κ1) is 9.86. The van der Waals surface area contributed by atoms with E-state index in [1.807, 2.05) is 13.8 Å². The summed E-state index contributed by atoms with van der Waals surface area (Å²) >= 11 is 1.71. The van der Waals surface area contributed by atoms with Crippen molar-refractivity contribution in [2.45, 2.75) is 31.7 Å². The fourth-order valence-corrected chi connectivity index (χ4v) is 2.93. The maximum atomic E-state index is 11.2. The number of thioether (sulfide) groups is 1. The van der Waals surface area contributed by atoms with Crippen molar-refractivity contribution in [3.05, 3.63) is 0 Å². The minimum atomic E-state index is -0.154. The highest BCUT2D eigenvalue weighted by Crippen LogP contribution is 2.38. The maximum absolute atomic E-state index is 11.2. The second-order valence-corrected chi connectivity index (χ2v) is 5.10. The monoisotopic (exact) mass is 189 g/mol. The van der Waals surface area contributed by atoms with E-state index in [-0.39, 0.29) is 23.4 Å². The Bertz CT molecular complexity index is 193. The lowest BCUT2D eigenvalue weighted by Crippen LogP contribution is -2.46. The molecule has 4 heteroatoms. The van der Waals surface area contributed by atoms with Crippen molar-refractivity contribution < 1.29 is 9.90 Å². The zero-order chi connectivity index (χ0) is 9.35. The first-order valence-electron chi connectivity index (χ1n) is 4.04. The molecule has 1 amide bonds. The van der Waals surface area contributed by atoms with Crippen LogP contribution < -0.4 is 0 Å². The molecule has 1 N–H and O–H groups in total. The van der Waals surface area contributed by atoms with Crippen molar-refractivity contribution in [2.75, 3.05) is 12.4 Å². The predicted molar refractivity (Wildman–Crippen MR) is 49.9 cm³/mol. The van der Waals surface area contributed by atoms with E-state index in [9.17, 15) is 4.79 Å². The SMILES string of the molecule is CC(=O)N1C(CO)CSC1(C)C. The summed E-state index contributed by atoms with van der Waals surface area (Å²) in [6.45, 7) is 5.63. The predicted octanol–water partition coefficient (Wildman–Crippen LogP) is 0.679. The first-order valence-corrected chi connectivity index (χ1v) is 5.02. The minimum Gasteiger partial charge on any atom is -0.394 e. The third kappa shape index (κ3) is 1.59. The molecule has 1 atom stereocenters.